The molecule has 0 aromatic heterocycles. The second-order valence-corrected chi connectivity index (χ2v) is 7.85. The Labute approximate surface area is 158 Å². The molecule has 144 valence electrons. The van der Waals surface area contributed by atoms with Gasteiger partial charge in [-0.05, 0) is 57.2 Å². The second kappa shape index (κ2) is 9.77. The van der Waals surface area contributed by atoms with Crippen LogP contribution in [-0.2, 0) is 4.79 Å². The van der Waals surface area contributed by atoms with Gasteiger partial charge in [0.05, 0.1) is 0 Å². The lowest BCUT2D eigenvalue weighted by molar-refractivity contribution is -0.128. The lowest BCUT2D eigenvalue weighted by atomic mass is 10.0. The maximum absolute atomic E-state index is 12.5. The Hall–Kier alpha value is -1.81. The molecule has 0 aliphatic carbocycles. The van der Waals surface area contributed by atoms with Crippen LogP contribution in [0.5, 0.6) is 5.75 Å². The number of rotatable bonds is 7. The minimum Gasteiger partial charge on any atom is -0.481 e. The molecule has 26 heavy (non-hydrogen) atoms. The van der Waals surface area contributed by atoms with E-state index in [9.17, 15) is 4.79 Å². The van der Waals surface area contributed by atoms with E-state index in [-0.39, 0.29) is 11.9 Å². The summed E-state index contributed by atoms with van der Waals surface area (Å²) in [6.07, 6.45) is 3.77. The molecule has 1 aliphatic rings. The summed E-state index contributed by atoms with van der Waals surface area (Å²) < 4.78 is 5.86. The summed E-state index contributed by atoms with van der Waals surface area (Å²) in [5.74, 6) is 1.18. The number of likely N-dealkylation sites (tertiary alicyclic amines) is 1. The minimum atomic E-state index is -0.485. The molecule has 1 N–H and O–H groups in total. The first-order chi connectivity index (χ1) is 12.3. The van der Waals surface area contributed by atoms with Crippen molar-refractivity contribution in [1.82, 2.24) is 10.2 Å². The fourth-order valence-corrected chi connectivity index (χ4v) is 3.09. The molecule has 2 rings (SSSR count). The predicted octanol–water partition coefficient (Wildman–Crippen LogP) is 4.12. The Balaban J connectivity index is 1.79. The molecule has 1 unspecified atom stereocenters. The first-order valence-corrected chi connectivity index (χ1v) is 9.78. The average molecular weight is 359 g/mol. The Morgan fingerprint density at radius 3 is 2.58 bits per heavy atom. The van der Waals surface area contributed by atoms with Gasteiger partial charge in [0, 0.05) is 25.7 Å². The number of hydrogen-bond acceptors (Lipinski definition) is 3. The zero-order valence-electron chi connectivity index (χ0n) is 16.9. The van der Waals surface area contributed by atoms with Crippen molar-refractivity contribution in [3.63, 3.8) is 0 Å². The highest BCUT2D eigenvalue weighted by Crippen LogP contribution is 2.21. The summed E-state index contributed by atoms with van der Waals surface area (Å²) in [4.78, 5) is 14.9. The van der Waals surface area contributed by atoms with Gasteiger partial charge in [0.25, 0.3) is 5.91 Å². The summed E-state index contributed by atoms with van der Waals surface area (Å²) >= 11 is 0. The van der Waals surface area contributed by atoms with Gasteiger partial charge in [-0.3, -0.25) is 9.69 Å². The number of hydrogen-bond donors (Lipinski definition) is 1. The number of amides is 1. The van der Waals surface area contributed by atoms with E-state index in [2.05, 4.69) is 50.1 Å². The number of ether oxygens (including phenoxy) is 1. The third-order valence-corrected chi connectivity index (χ3v) is 4.90. The maximum Gasteiger partial charge on any atom is 0.260 e. The Bertz CT molecular complexity index is 612. The number of allylic oxidation sites excluding steroid dienone is 1. The number of nitrogens with zero attached hydrogens (tertiary/aromatic N) is 1. The third kappa shape index (κ3) is 6.49. The van der Waals surface area contributed by atoms with E-state index in [0.717, 1.165) is 38.2 Å². The van der Waals surface area contributed by atoms with Crippen molar-refractivity contribution >= 4 is 5.91 Å². The Morgan fingerprint density at radius 1 is 1.27 bits per heavy atom. The van der Waals surface area contributed by atoms with Crippen LogP contribution in [0.3, 0.4) is 0 Å². The van der Waals surface area contributed by atoms with Crippen LogP contribution in [0.4, 0.5) is 0 Å². The summed E-state index contributed by atoms with van der Waals surface area (Å²) in [5.41, 5.74) is 2.58. The quantitative estimate of drug-likeness (QED) is 0.745. The zero-order chi connectivity index (χ0) is 19.1. The molecule has 1 heterocycles. The van der Waals surface area contributed by atoms with Crippen LogP contribution >= 0.6 is 0 Å². The standard InChI is InChI=1S/C22H34N2O2/c1-16(2)9-12-24-13-10-20(11-14-24)23-22(25)18(5)26-21-8-6-7-19(15-21)17(3)4/h6-9,15,17-18,20H,10-14H2,1-5H3,(H,23,25). The molecular weight excluding hydrogens is 324 g/mol. The van der Waals surface area contributed by atoms with Crippen molar-refractivity contribution in [3.8, 4) is 5.75 Å². The summed E-state index contributed by atoms with van der Waals surface area (Å²) in [6.45, 7) is 13.5. The minimum absolute atomic E-state index is 0.0253. The molecule has 4 nitrogen and oxygen atoms in total. The van der Waals surface area contributed by atoms with Crippen LogP contribution in [0.2, 0.25) is 0 Å². The monoisotopic (exact) mass is 358 g/mol. The van der Waals surface area contributed by atoms with E-state index in [4.69, 9.17) is 4.74 Å². The molecule has 0 bridgehead atoms. The molecule has 1 aliphatic heterocycles. The van der Waals surface area contributed by atoms with Crippen molar-refractivity contribution in [3.05, 3.63) is 41.5 Å². The fourth-order valence-electron chi connectivity index (χ4n) is 3.09. The number of nitrogens with one attached hydrogen (secondary N) is 1. The van der Waals surface area contributed by atoms with Gasteiger partial charge in [0.15, 0.2) is 6.10 Å². The molecule has 1 atom stereocenters. The van der Waals surface area contributed by atoms with Gasteiger partial charge in [0.2, 0.25) is 0 Å². The third-order valence-electron chi connectivity index (χ3n) is 4.90. The van der Waals surface area contributed by atoms with E-state index in [1.165, 1.54) is 11.1 Å². The van der Waals surface area contributed by atoms with Gasteiger partial charge in [-0.25, -0.2) is 0 Å². The molecule has 1 fully saturated rings. The lowest BCUT2D eigenvalue weighted by Crippen LogP contribution is -2.48. The first kappa shape index (κ1) is 20.5. The van der Waals surface area contributed by atoms with Crippen LogP contribution in [0.15, 0.2) is 35.9 Å². The van der Waals surface area contributed by atoms with Gasteiger partial charge < -0.3 is 10.1 Å². The zero-order valence-corrected chi connectivity index (χ0v) is 16.9. The lowest BCUT2D eigenvalue weighted by Gasteiger charge is -2.32. The van der Waals surface area contributed by atoms with E-state index < -0.39 is 6.10 Å². The van der Waals surface area contributed by atoms with Crippen molar-refractivity contribution in [2.75, 3.05) is 19.6 Å². The highest BCUT2D eigenvalue weighted by atomic mass is 16.5. The van der Waals surface area contributed by atoms with Crippen molar-refractivity contribution in [2.45, 2.75) is 65.5 Å². The number of carbonyl (C=O) groups excluding carboxylic acids is 1. The number of carbonyl (C=O) groups is 1. The van der Waals surface area contributed by atoms with Gasteiger partial charge >= 0.3 is 0 Å². The highest BCUT2D eigenvalue weighted by molar-refractivity contribution is 5.81. The van der Waals surface area contributed by atoms with Gasteiger partial charge in [-0.1, -0.05) is 37.6 Å². The van der Waals surface area contributed by atoms with E-state index in [1.54, 1.807) is 0 Å². The maximum atomic E-state index is 12.5. The van der Waals surface area contributed by atoms with Gasteiger partial charge in [0.1, 0.15) is 5.75 Å². The number of piperidine rings is 1. The molecule has 1 aromatic carbocycles. The van der Waals surface area contributed by atoms with Gasteiger partial charge in [-0.2, -0.15) is 0 Å². The molecule has 0 saturated carbocycles. The molecule has 1 amide bonds. The molecular formula is C22H34N2O2. The highest BCUT2D eigenvalue weighted by Gasteiger charge is 2.23. The van der Waals surface area contributed by atoms with E-state index in [0.29, 0.717) is 5.92 Å². The SMILES string of the molecule is CC(C)=CCN1CCC(NC(=O)C(C)Oc2cccc(C(C)C)c2)CC1. The topological polar surface area (TPSA) is 41.6 Å². The van der Waals surface area contributed by atoms with Crippen molar-refractivity contribution < 1.29 is 9.53 Å². The summed E-state index contributed by atoms with van der Waals surface area (Å²) in [7, 11) is 0. The largest absolute Gasteiger partial charge is 0.481 e. The van der Waals surface area contributed by atoms with Crippen LogP contribution in [-0.4, -0.2) is 42.6 Å². The smallest absolute Gasteiger partial charge is 0.260 e. The van der Waals surface area contributed by atoms with Crippen LogP contribution in [0.25, 0.3) is 0 Å². The Morgan fingerprint density at radius 2 is 1.96 bits per heavy atom. The fraction of sp³-hybridized carbons (Fsp3) is 0.591. The predicted molar refractivity (Wildman–Crippen MR) is 108 cm³/mol. The molecule has 1 saturated heterocycles. The van der Waals surface area contributed by atoms with E-state index in [1.807, 2.05) is 25.1 Å². The Kier molecular flexibility index (Phi) is 7.70. The molecule has 0 radical (unpaired) electrons. The average Bonchev–Trinajstić information content (AvgIpc) is 2.61. The van der Waals surface area contributed by atoms with Crippen molar-refractivity contribution in [1.29, 1.82) is 0 Å². The normalized spacial score (nSPS) is 17.0. The van der Waals surface area contributed by atoms with Crippen LogP contribution in [0, 0.1) is 0 Å². The molecule has 4 heteroatoms. The summed E-state index contributed by atoms with van der Waals surface area (Å²) in [5, 5.41) is 3.16. The molecule has 1 aromatic rings. The first-order valence-electron chi connectivity index (χ1n) is 9.78. The van der Waals surface area contributed by atoms with E-state index >= 15 is 0 Å². The van der Waals surface area contributed by atoms with Gasteiger partial charge in [-0.15, -0.1) is 0 Å². The molecule has 0 spiro atoms. The number of benzene rings is 1. The van der Waals surface area contributed by atoms with Crippen LogP contribution < -0.4 is 10.1 Å². The van der Waals surface area contributed by atoms with Crippen molar-refractivity contribution in [2.24, 2.45) is 0 Å². The second-order valence-electron chi connectivity index (χ2n) is 7.85. The van der Waals surface area contributed by atoms with Crippen LogP contribution in [0.1, 0.15) is 58.9 Å². The summed E-state index contributed by atoms with van der Waals surface area (Å²) in [6, 6.07) is 8.26.